The van der Waals surface area contributed by atoms with Crippen LogP contribution in [0.4, 0.5) is 5.88 Å². The maximum atomic E-state index is 5.62. The lowest BCUT2D eigenvalue weighted by molar-refractivity contribution is 0.566. The fraction of sp³-hybridized carbons (Fsp3) is 0.154. The number of oxazole rings is 1. The van der Waals surface area contributed by atoms with E-state index in [2.05, 4.69) is 18.8 Å². The van der Waals surface area contributed by atoms with Crippen LogP contribution in [0.15, 0.2) is 33.3 Å². The van der Waals surface area contributed by atoms with Crippen LogP contribution in [0.25, 0.3) is 22.6 Å². The summed E-state index contributed by atoms with van der Waals surface area (Å²) in [5.41, 5.74) is 10.2. The number of rotatable bonds is 1. The Morgan fingerprint density at radius 3 is 2.71 bits per heavy atom. The number of benzene rings is 1. The van der Waals surface area contributed by atoms with Crippen LogP contribution in [-0.2, 0) is 0 Å². The molecule has 0 amide bonds. The van der Waals surface area contributed by atoms with Crippen LogP contribution in [0, 0.1) is 13.8 Å². The van der Waals surface area contributed by atoms with E-state index in [-0.39, 0.29) is 5.88 Å². The minimum atomic E-state index is 0.266. The summed E-state index contributed by atoms with van der Waals surface area (Å²) < 4.78 is 10.6. The van der Waals surface area contributed by atoms with Crippen molar-refractivity contribution in [3.63, 3.8) is 0 Å². The topological polar surface area (TPSA) is 65.2 Å². The Balaban J connectivity index is 2.16. The highest BCUT2D eigenvalue weighted by molar-refractivity contribution is 5.83. The molecule has 0 radical (unpaired) electrons. The van der Waals surface area contributed by atoms with Gasteiger partial charge in [0.1, 0.15) is 6.26 Å². The number of hydrogen-bond donors (Lipinski definition) is 1. The molecule has 0 bridgehead atoms. The van der Waals surface area contributed by atoms with Crippen molar-refractivity contribution in [1.82, 2.24) is 4.98 Å². The molecule has 0 unspecified atom stereocenters. The Morgan fingerprint density at radius 1 is 1.18 bits per heavy atom. The minimum absolute atomic E-state index is 0.266. The van der Waals surface area contributed by atoms with Crippen molar-refractivity contribution in [2.75, 3.05) is 5.73 Å². The van der Waals surface area contributed by atoms with Crippen LogP contribution in [0.1, 0.15) is 11.1 Å². The van der Waals surface area contributed by atoms with Gasteiger partial charge in [-0.2, -0.15) is 0 Å². The third kappa shape index (κ3) is 1.49. The molecule has 2 heterocycles. The van der Waals surface area contributed by atoms with Crippen LogP contribution in [0.3, 0.4) is 0 Å². The average molecular weight is 228 g/mol. The Hall–Kier alpha value is -2.23. The molecular formula is C13H12N2O2. The summed E-state index contributed by atoms with van der Waals surface area (Å²) >= 11 is 0. The van der Waals surface area contributed by atoms with E-state index in [9.17, 15) is 0 Å². The van der Waals surface area contributed by atoms with Gasteiger partial charge in [0.2, 0.25) is 17.4 Å². The third-order valence-corrected chi connectivity index (χ3v) is 2.93. The number of furan rings is 1. The van der Waals surface area contributed by atoms with Crippen molar-refractivity contribution in [3.8, 4) is 11.5 Å². The molecule has 0 aliphatic heterocycles. The first-order chi connectivity index (χ1) is 8.15. The zero-order valence-electron chi connectivity index (χ0n) is 9.65. The lowest BCUT2D eigenvalue weighted by Crippen LogP contribution is -1.83. The zero-order chi connectivity index (χ0) is 12.0. The van der Waals surface area contributed by atoms with E-state index in [0.717, 1.165) is 5.56 Å². The summed E-state index contributed by atoms with van der Waals surface area (Å²) in [6.45, 7) is 4.13. The second kappa shape index (κ2) is 3.38. The first kappa shape index (κ1) is 9.96. The summed E-state index contributed by atoms with van der Waals surface area (Å²) in [6, 6.07) is 6.08. The van der Waals surface area contributed by atoms with Gasteiger partial charge in [-0.1, -0.05) is 6.07 Å². The van der Waals surface area contributed by atoms with Gasteiger partial charge in [0, 0.05) is 5.56 Å². The van der Waals surface area contributed by atoms with Crippen molar-refractivity contribution in [1.29, 1.82) is 0 Å². The molecule has 86 valence electrons. The van der Waals surface area contributed by atoms with E-state index < -0.39 is 0 Å². The van der Waals surface area contributed by atoms with Gasteiger partial charge in [-0.15, -0.1) is 0 Å². The third-order valence-electron chi connectivity index (χ3n) is 2.93. The predicted octanol–water partition coefficient (Wildman–Crippen LogP) is 3.29. The summed E-state index contributed by atoms with van der Waals surface area (Å²) in [5, 5.41) is 0. The van der Waals surface area contributed by atoms with Gasteiger partial charge in [0.25, 0.3) is 0 Å². The number of aromatic nitrogens is 1. The predicted molar refractivity (Wildman–Crippen MR) is 65.6 cm³/mol. The molecule has 0 spiro atoms. The van der Waals surface area contributed by atoms with Gasteiger partial charge < -0.3 is 14.6 Å². The fourth-order valence-corrected chi connectivity index (χ4v) is 1.76. The fourth-order valence-electron chi connectivity index (χ4n) is 1.76. The first-order valence-electron chi connectivity index (χ1n) is 5.36. The molecule has 4 nitrogen and oxygen atoms in total. The van der Waals surface area contributed by atoms with Crippen molar-refractivity contribution < 1.29 is 8.83 Å². The molecule has 0 saturated carbocycles. The number of nitrogen functional groups attached to an aromatic ring is 1. The van der Waals surface area contributed by atoms with Gasteiger partial charge >= 0.3 is 0 Å². The van der Waals surface area contributed by atoms with Crippen LogP contribution in [0.2, 0.25) is 0 Å². The van der Waals surface area contributed by atoms with Crippen LogP contribution in [0.5, 0.6) is 0 Å². The number of hydrogen-bond acceptors (Lipinski definition) is 4. The molecule has 0 atom stereocenters. The molecule has 4 heteroatoms. The van der Waals surface area contributed by atoms with Crippen LogP contribution >= 0.6 is 0 Å². The van der Waals surface area contributed by atoms with E-state index >= 15 is 0 Å². The first-order valence-corrected chi connectivity index (χ1v) is 5.36. The van der Waals surface area contributed by atoms with Gasteiger partial charge in [-0.05, 0) is 37.1 Å². The van der Waals surface area contributed by atoms with E-state index in [1.807, 2.05) is 18.2 Å². The Morgan fingerprint density at radius 2 is 2.00 bits per heavy atom. The van der Waals surface area contributed by atoms with Crippen molar-refractivity contribution >= 4 is 17.0 Å². The van der Waals surface area contributed by atoms with Gasteiger partial charge in [0.15, 0.2) is 5.52 Å². The molecule has 3 rings (SSSR count). The molecule has 2 aromatic heterocycles. The van der Waals surface area contributed by atoms with Crippen molar-refractivity contribution in [2.45, 2.75) is 13.8 Å². The lowest BCUT2D eigenvalue weighted by Gasteiger charge is -2.01. The number of anilines is 1. The van der Waals surface area contributed by atoms with E-state index in [1.165, 1.54) is 17.4 Å². The standard InChI is InChI=1S/C13H12N2O2/c1-7-3-4-9(5-8(7)2)13-15-10-6-16-12(14)11(10)17-13/h3-6H,14H2,1-2H3. The summed E-state index contributed by atoms with van der Waals surface area (Å²) in [4.78, 5) is 4.33. The highest BCUT2D eigenvalue weighted by atomic mass is 16.4. The second-order valence-corrected chi connectivity index (χ2v) is 4.13. The largest absolute Gasteiger partial charge is 0.443 e. The molecule has 0 fully saturated rings. The molecular weight excluding hydrogens is 216 g/mol. The quantitative estimate of drug-likeness (QED) is 0.694. The average Bonchev–Trinajstić information content (AvgIpc) is 2.86. The van der Waals surface area contributed by atoms with Crippen LogP contribution < -0.4 is 5.73 Å². The Labute approximate surface area is 98.0 Å². The molecule has 1 aromatic carbocycles. The number of aryl methyl sites for hydroxylation is 2. The Bertz CT molecular complexity index is 695. The Kier molecular flexibility index (Phi) is 1.98. The molecule has 2 N–H and O–H groups in total. The zero-order valence-corrected chi connectivity index (χ0v) is 9.65. The molecule has 3 aromatic rings. The van der Waals surface area contributed by atoms with E-state index in [0.29, 0.717) is 17.0 Å². The molecule has 17 heavy (non-hydrogen) atoms. The number of fused-ring (bicyclic) bond motifs is 1. The maximum Gasteiger partial charge on any atom is 0.236 e. The van der Waals surface area contributed by atoms with E-state index in [4.69, 9.17) is 14.6 Å². The van der Waals surface area contributed by atoms with Gasteiger partial charge in [-0.25, -0.2) is 4.98 Å². The van der Waals surface area contributed by atoms with Crippen molar-refractivity contribution in [2.24, 2.45) is 0 Å². The molecule has 0 saturated heterocycles. The van der Waals surface area contributed by atoms with E-state index in [1.54, 1.807) is 0 Å². The van der Waals surface area contributed by atoms with Gasteiger partial charge in [-0.3, -0.25) is 0 Å². The summed E-state index contributed by atoms with van der Waals surface area (Å²) in [6.07, 6.45) is 1.50. The normalized spacial score (nSPS) is 11.2. The lowest BCUT2D eigenvalue weighted by atomic mass is 10.1. The number of nitrogens with two attached hydrogens (primary N) is 1. The second-order valence-electron chi connectivity index (χ2n) is 4.13. The minimum Gasteiger partial charge on any atom is -0.443 e. The molecule has 0 aliphatic carbocycles. The molecule has 0 aliphatic rings. The van der Waals surface area contributed by atoms with Gasteiger partial charge in [0.05, 0.1) is 0 Å². The highest BCUT2D eigenvalue weighted by Crippen LogP contribution is 2.29. The smallest absolute Gasteiger partial charge is 0.236 e. The monoisotopic (exact) mass is 228 g/mol. The maximum absolute atomic E-state index is 5.62. The summed E-state index contributed by atoms with van der Waals surface area (Å²) in [5.74, 6) is 0.836. The van der Waals surface area contributed by atoms with Crippen LogP contribution in [-0.4, -0.2) is 4.98 Å². The number of nitrogens with zero attached hydrogens (tertiary/aromatic N) is 1. The summed E-state index contributed by atoms with van der Waals surface area (Å²) in [7, 11) is 0. The SMILES string of the molecule is Cc1ccc(-c2nc3coc(N)c3o2)cc1C. The highest BCUT2D eigenvalue weighted by Gasteiger charge is 2.13. The van der Waals surface area contributed by atoms with Crippen molar-refractivity contribution in [3.05, 3.63) is 35.6 Å².